The maximum absolute atomic E-state index is 13.5. The highest BCUT2D eigenvalue weighted by atomic mass is 127. The van der Waals surface area contributed by atoms with E-state index in [9.17, 15) is 14.4 Å². The van der Waals surface area contributed by atoms with Crippen LogP contribution in [0.25, 0.3) is 0 Å². The summed E-state index contributed by atoms with van der Waals surface area (Å²) < 4.78 is 1.67. The number of hydrogen-bond donors (Lipinski definition) is 6. The summed E-state index contributed by atoms with van der Waals surface area (Å²) in [6.07, 6.45) is 0.963. The van der Waals surface area contributed by atoms with Gasteiger partial charge < -0.3 is 33.6 Å². The molecule has 3 aromatic carbocycles. The summed E-state index contributed by atoms with van der Waals surface area (Å²) in [5, 5.41) is 5.62. The van der Waals surface area contributed by atoms with Crippen molar-refractivity contribution in [1.82, 2.24) is 10.6 Å². The maximum Gasteiger partial charge on any atom is 0.243 e. The fourth-order valence-electron chi connectivity index (χ4n) is 4.50. The Hall–Kier alpha value is -3.40. The van der Waals surface area contributed by atoms with Gasteiger partial charge in [-0.15, -0.1) is 0 Å². The number of anilines is 1. The van der Waals surface area contributed by atoms with E-state index in [0.717, 1.165) is 23.8 Å². The molecule has 0 aliphatic rings. The predicted octanol–water partition coefficient (Wildman–Crippen LogP) is 2.75. The lowest BCUT2D eigenvalue weighted by Crippen LogP contribution is -2.53. The molecule has 0 heterocycles. The summed E-state index contributed by atoms with van der Waals surface area (Å²) in [4.78, 5) is 43.2. The number of aliphatic imine (C=N–C) groups is 1. The number of carbonyl (C=O) groups is 3. The molecule has 3 amide bonds. The van der Waals surface area contributed by atoms with Gasteiger partial charge in [0.15, 0.2) is 5.96 Å². The molecule has 0 spiro atoms. The lowest BCUT2D eigenvalue weighted by Gasteiger charge is -2.24. The molecule has 0 radical (unpaired) electrons. The second kappa shape index (κ2) is 16.3. The van der Waals surface area contributed by atoms with Crippen molar-refractivity contribution in [3.05, 3.63) is 96.6 Å². The van der Waals surface area contributed by atoms with Gasteiger partial charge in [0.25, 0.3) is 0 Å². The van der Waals surface area contributed by atoms with Crippen LogP contribution in [-0.4, -0.2) is 42.3 Å². The number of benzene rings is 3. The van der Waals surface area contributed by atoms with Crippen molar-refractivity contribution in [2.75, 3.05) is 12.3 Å². The van der Waals surface area contributed by atoms with Gasteiger partial charge >= 0.3 is 0 Å². The van der Waals surface area contributed by atoms with Crippen molar-refractivity contribution in [3.8, 4) is 0 Å². The van der Waals surface area contributed by atoms with E-state index in [1.165, 1.54) is 0 Å². The lowest BCUT2D eigenvalue weighted by atomic mass is 9.88. The van der Waals surface area contributed by atoms with Crippen molar-refractivity contribution in [2.24, 2.45) is 22.2 Å². The highest BCUT2D eigenvalue weighted by molar-refractivity contribution is 14.1. The van der Waals surface area contributed by atoms with Crippen LogP contribution in [0.15, 0.2) is 77.8 Å². The van der Waals surface area contributed by atoms with Crippen LogP contribution in [0.1, 0.15) is 41.9 Å². The maximum atomic E-state index is 13.5. The molecule has 42 heavy (non-hydrogen) atoms. The first-order chi connectivity index (χ1) is 20.0. The van der Waals surface area contributed by atoms with Crippen molar-refractivity contribution in [3.63, 3.8) is 0 Å². The van der Waals surface area contributed by atoms with Gasteiger partial charge in [-0.1, -0.05) is 60.7 Å². The Morgan fingerprint density at radius 3 is 1.86 bits per heavy atom. The molecule has 10 nitrogen and oxygen atoms in total. The van der Waals surface area contributed by atoms with E-state index in [1.807, 2.05) is 72.8 Å². The Morgan fingerprint density at radius 1 is 0.810 bits per heavy atom. The number of nitrogens with zero attached hydrogens (tertiary/aromatic N) is 1. The zero-order chi connectivity index (χ0) is 30.6. The number of carbonyl (C=O) groups excluding carboxylic acids is 3. The molecule has 0 aliphatic carbocycles. The molecule has 3 rings (SSSR count). The number of rotatable bonds is 14. The smallest absolute Gasteiger partial charge is 0.243 e. The number of nitrogens with one attached hydrogen (secondary N) is 2. The fourth-order valence-corrected chi connectivity index (χ4v) is 6.39. The fraction of sp³-hybridized carbons (Fsp3) is 0.267. The van der Waals surface area contributed by atoms with Crippen LogP contribution < -0.4 is 33.6 Å². The van der Waals surface area contributed by atoms with E-state index in [4.69, 9.17) is 22.9 Å². The Morgan fingerprint density at radius 2 is 1.36 bits per heavy atom. The average molecular weight is 795 g/mol. The third-order valence-corrected chi connectivity index (χ3v) is 8.41. The van der Waals surface area contributed by atoms with Crippen LogP contribution in [0, 0.1) is 7.14 Å². The minimum Gasteiger partial charge on any atom is -0.397 e. The van der Waals surface area contributed by atoms with E-state index in [2.05, 4.69) is 60.8 Å². The zero-order valence-corrected chi connectivity index (χ0v) is 27.2. The van der Waals surface area contributed by atoms with Gasteiger partial charge in [0, 0.05) is 32.4 Å². The number of primary amides is 1. The average Bonchev–Trinajstić information content (AvgIpc) is 2.96. The van der Waals surface area contributed by atoms with E-state index < -0.39 is 23.9 Å². The highest BCUT2D eigenvalue weighted by Gasteiger charge is 2.27. The summed E-state index contributed by atoms with van der Waals surface area (Å²) >= 11 is 4.24. The number of hydrogen-bond acceptors (Lipinski definition) is 5. The van der Waals surface area contributed by atoms with E-state index in [0.29, 0.717) is 12.1 Å². The molecule has 0 saturated carbocycles. The molecule has 0 aliphatic heterocycles. The molecule has 2 atom stereocenters. The van der Waals surface area contributed by atoms with Crippen molar-refractivity contribution in [1.29, 1.82) is 0 Å². The Kier molecular flexibility index (Phi) is 12.8. The third kappa shape index (κ3) is 10.2. The SMILES string of the molecule is NC(=O)[C@H](Cc1cc(I)c(N)c(I)c1)NC(=O)[C@@H](CCCN=C(N)N)NC(=O)CC(c1ccccc1)c1ccccc1. The molecule has 0 fully saturated rings. The monoisotopic (exact) mass is 795 g/mol. The van der Waals surface area contributed by atoms with Crippen molar-refractivity contribution in [2.45, 2.75) is 43.7 Å². The van der Waals surface area contributed by atoms with E-state index >= 15 is 0 Å². The summed E-state index contributed by atoms with van der Waals surface area (Å²) in [5.74, 6) is -1.80. The first kappa shape index (κ1) is 33.1. The van der Waals surface area contributed by atoms with Crippen LogP contribution in [0.2, 0.25) is 0 Å². The molecule has 0 saturated heterocycles. The van der Waals surface area contributed by atoms with Gasteiger partial charge in [0.2, 0.25) is 17.7 Å². The Labute approximate surface area is 272 Å². The molecule has 10 N–H and O–H groups in total. The molecular weight excluding hydrogens is 760 g/mol. The molecule has 0 unspecified atom stereocenters. The minimum atomic E-state index is -0.994. The first-order valence-corrected chi connectivity index (χ1v) is 15.5. The van der Waals surface area contributed by atoms with Crippen LogP contribution in [0.4, 0.5) is 5.69 Å². The van der Waals surface area contributed by atoms with E-state index in [-0.39, 0.29) is 43.6 Å². The molecule has 0 aromatic heterocycles. The van der Waals surface area contributed by atoms with Crippen LogP contribution in [0.3, 0.4) is 0 Å². The zero-order valence-electron chi connectivity index (χ0n) is 22.9. The third-order valence-electron chi connectivity index (χ3n) is 6.63. The van der Waals surface area contributed by atoms with Gasteiger partial charge in [0.05, 0.1) is 5.69 Å². The molecular formula is C30H35I2N7O3. The second-order valence-electron chi connectivity index (χ2n) is 9.79. The van der Waals surface area contributed by atoms with Gasteiger partial charge in [-0.3, -0.25) is 19.4 Å². The van der Waals surface area contributed by atoms with Crippen molar-refractivity contribution < 1.29 is 14.4 Å². The van der Waals surface area contributed by atoms with E-state index in [1.54, 1.807) is 0 Å². The standard InChI is InChI=1S/C30H35I2N7O3/c31-22-14-18(15-23(32)27(22)33)16-25(28(34)41)39-29(42)24(12-7-13-37-30(35)36)38-26(40)17-21(19-8-3-1-4-9-19)20-10-5-2-6-11-20/h1-6,8-11,14-15,21,24-25H,7,12-13,16-17,33H2,(H2,34,41)(H,38,40)(H,39,42)(H4,35,36,37)/t24-,25+/m1/s1. The van der Waals surface area contributed by atoms with Crippen LogP contribution in [0.5, 0.6) is 0 Å². The molecule has 0 bridgehead atoms. The van der Waals surface area contributed by atoms with Crippen LogP contribution >= 0.6 is 45.2 Å². The molecule has 12 heteroatoms. The highest BCUT2D eigenvalue weighted by Crippen LogP contribution is 2.28. The first-order valence-electron chi connectivity index (χ1n) is 13.3. The van der Waals surface area contributed by atoms with Gasteiger partial charge in [-0.05, 0) is 86.8 Å². The van der Waals surface area contributed by atoms with Crippen LogP contribution in [-0.2, 0) is 20.8 Å². The second-order valence-corrected chi connectivity index (χ2v) is 12.1. The number of nitrogens with two attached hydrogens (primary N) is 4. The number of amides is 3. The van der Waals surface area contributed by atoms with Gasteiger partial charge in [0.1, 0.15) is 12.1 Å². The number of halogens is 2. The van der Waals surface area contributed by atoms with Gasteiger partial charge in [-0.25, -0.2) is 0 Å². The minimum absolute atomic E-state index is 0.0600. The summed E-state index contributed by atoms with van der Waals surface area (Å²) in [5.41, 5.74) is 26.0. The largest absolute Gasteiger partial charge is 0.397 e. The number of guanidine groups is 1. The molecule has 3 aromatic rings. The number of nitrogen functional groups attached to an aromatic ring is 1. The lowest BCUT2D eigenvalue weighted by molar-refractivity contribution is -0.131. The Balaban J connectivity index is 1.78. The summed E-state index contributed by atoms with van der Waals surface area (Å²) in [6.45, 7) is 0.278. The topological polar surface area (TPSA) is 192 Å². The predicted molar refractivity (Wildman–Crippen MR) is 182 cm³/mol. The summed E-state index contributed by atoms with van der Waals surface area (Å²) in [7, 11) is 0. The van der Waals surface area contributed by atoms with Gasteiger partial charge in [-0.2, -0.15) is 0 Å². The molecule has 222 valence electrons. The normalized spacial score (nSPS) is 12.3. The summed E-state index contributed by atoms with van der Waals surface area (Å²) in [6, 6.07) is 21.2. The van der Waals surface area contributed by atoms with Crippen molar-refractivity contribution >= 4 is 74.6 Å². The quantitative estimate of drug-likeness (QED) is 0.0478. The Bertz CT molecular complexity index is 1340.